The van der Waals surface area contributed by atoms with Crippen LogP contribution >= 0.6 is 0 Å². The molecule has 0 aliphatic rings. The van der Waals surface area contributed by atoms with E-state index in [9.17, 15) is 8.78 Å². The van der Waals surface area contributed by atoms with Crippen LogP contribution in [0.3, 0.4) is 0 Å². The highest BCUT2D eigenvalue weighted by Crippen LogP contribution is 2.17. The second-order valence-corrected chi connectivity index (χ2v) is 1.85. The van der Waals surface area contributed by atoms with Crippen LogP contribution in [0.15, 0.2) is 12.1 Å². The zero-order valence-corrected chi connectivity index (χ0v) is 4.99. The summed E-state index contributed by atoms with van der Waals surface area (Å²) in [5, 5.41) is 0. The van der Waals surface area contributed by atoms with Crippen molar-refractivity contribution in [2.75, 3.05) is 11.5 Å². The van der Waals surface area contributed by atoms with Gasteiger partial charge in [0.15, 0.2) is 13.0 Å². The van der Waals surface area contributed by atoms with Crippen LogP contribution in [0.1, 0.15) is 0 Å². The molecule has 0 saturated carbocycles. The molecule has 0 atom stereocenters. The van der Waals surface area contributed by atoms with Crippen LogP contribution in [0, 0.1) is 11.6 Å². The first-order valence-electron chi connectivity index (χ1n) is 3.07. The lowest BCUT2D eigenvalue weighted by molar-refractivity contribution is 0.593. The minimum atomic E-state index is -0.861. The van der Waals surface area contributed by atoms with Gasteiger partial charge in [0.05, 0.1) is 0 Å². The fourth-order valence-corrected chi connectivity index (χ4v) is 0.584. The molecule has 0 aromatic heterocycles. The first-order chi connectivity index (χ1) is 5.15. The van der Waals surface area contributed by atoms with Crippen LogP contribution in [0.4, 0.5) is 20.2 Å². The molecule has 0 radical (unpaired) electrons. The van der Waals surface area contributed by atoms with Crippen molar-refractivity contribution in [3.05, 3.63) is 23.8 Å². The third-order valence-electron chi connectivity index (χ3n) is 1.08. The molecule has 1 rings (SSSR count). The lowest BCUT2D eigenvalue weighted by atomic mass is 10.2. The predicted octanol–water partition coefficient (Wildman–Crippen LogP) is 1.13. The maximum absolute atomic E-state index is 12.5. The maximum Gasteiger partial charge on any atom is 0.156 e. The highest BCUT2D eigenvalue weighted by molar-refractivity contribution is 5.50. The molecule has 0 bridgehead atoms. The van der Waals surface area contributed by atoms with E-state index in [1.54, 1.807) is 0 Å². The second-order valence-electron chi connectivity index (χ2n) is 1.85. The van der Waals surface area contributed by atoms with E-state index in [1.165, 1.54) is 0 Å². The summed E-state index contributed by atoms with van der Waals surface area (Å²) in [5.41, 5.74) is 6.33. The molecule has 0 saturated heterocycles. The standard InChI is InChI=1S/C6H6F2N2/c7-4-1-3(9)2-5(8)6(4)10/h1-2H,9-10H2/i/hD. The monoisotopic (exact) mass is 145 g/mol. The highest BCUT2D eigenvalue weighted by Gasteiger charge is 2.04. The number of anilines is 2. The minimum Gasteiger partial charge on any atom is -0.399 e. The number of hydrogen-bond donors (Lipinski definition) is 2. The van der Waals surface area contributed by atoms with E-state index in [2.05, 4.69) is 0 Å². The van der Waals surface area contributed by atoms with Gasteiger partial charge in [-0.15, -0.1) is 0 Å². The Balaban J connectivity index is 3.21. The van der Waals surface area contributed by atoms with Crippen molar-refractivity contribution in [2.24, 2.45) is 0 Å². The van der Waals surface area contributed by atoms with Crippen LogP contribution in [-0.2, 0) is 0 Å². The minimum absolute atomic E-state index is 0.0363. The third-order valence-corrected chi connectivity index (χ3v) is 1.08. The van der Waals surface area contributed by atoms with Gasteiger partial charge in [-0.1, -0.05) is 0 Å². The third kappa shape index (κ3) is 1.00. The summed E-state index contributed by atoms with van der Waals surface area (Å²) in [6, 6.07) is 1.90. The summed E-state index contributed by atoms with van der Waals surface area (Å²) in [4.78, 5) is 0. The SMILES string of the molecule is [2H]Nc1cc(F)c(N)c(F)c1. The van der Waals surface area contributed by atoms with Gasteiger partial charge in [0.25, 0.3) is 0 Å². The van der Waals surface area contributed by atoms with E-state index in [-0.39, 0.29) is 5.69 Å². The summed E-state index contributed by atoms with van der Waals surface area (Å²) < 4.78 is 31.7. The molecule has 0 spiro atoms. The van der Waals surface area contributed by atoms with Crippen LogP contribution in [0.2, 0.25) is 1.41 Å². The van der Waals surface area contributed by atoms with Crippen molar-refractivity contribution in [2.45, 2.75) is 0 Å². The lowest BCUT2D eigenvalue weighted by Crippen LogP contribution is -1.97. The molecule has 2 nitrogen and oxygen atoms in total. The van der Waals surface area contributed by atoms with E-state index >= 15 is 0 Å². The molecule has 0 unspecified atom stereocenters. The number of benzene rings is 1. The van der Waals surface area contributed by atoms with Crippen molar-refractivity contribution in [3.8, 4) is 0 Å². The van der Waals surface area contributed by atoms with E-state index in [1.807, 2.05) is 5.73 Å². The zero-order valence-electron chi connectivity index (χ0n) is 5.99. The topological polar surface area (TPSA) is 52.0 Å². The van der Waals surface area contributed by atoms with Gasteiger partial charge in [0, 0.05) is 5.69 Å². The van der Waals surface area contributed by atoms with Crippen LogP contribution in [0.25, 0.3) is 0 Å². The Morgan fingerprint density at radius 3 is 2.20 bits per heavy atom. The van der Waals surface area contributed by atoms with E-state index < -0.39 is 17.3 Å². The van der Waals surface area contributed by atoms with E-state index in [4.69, 9.17) is 7.15 Å². The molecule has 1 aromatic rings. The first kappa shape index (κ1) is 5.46. The number of nitrogen functional groups attached to an aromatic ring is 2. The summed E-state index contributed by atoms with van der Waals surface area (Å²) in [5.74, 6) is -1.72. The Morgan fingerprint density at radius 2 is 1.80 bits per heavy atom. The Bertz CT molecular complexity index is 254. The summed E-state index contributed by atoms with van der Waals surface area (Å²) in [6.07, 6.45) is 0. The van der Waals surface area contributed by atoms with Gasteiger partial charge in [0.2, 0.25) is 0 Å². The molecular weight excluding hydrogens is 138 g/mol. The van der Waals surface area contributed by atoms with Crippen molar-refractivity contribution >= 4 is 11.4 Å². The summed E-state index contributed by atoms with van der Waals surface area (Å²) in [7, 11) is 0. The molecule has 4 heteroatoms. The van der Waals surface area contributed by atoms with Gasteiger partial charge in [-0.3, -0.25) is 0 Å². The Morgan fingerprint density at radius 1 is 1.30 bits per heavy atom. The molecule has 0 aliphatic carbocycles. The quantitative estimate of drug-likeness (QED) is 0.582. The summed E-state index contributed by atoms with van der Waals surface area (Å²) in [6.45, 7) is 0. The molecule has 0 amide bonds. The van der Waals surface area contributed by atoms with Crippen molar-refractivity contribution in [3.63, 3.8) is 0 Å². The van der Waals surface area contributed by atoms with Gasteiger partial charge in [-0.25, -0.2) is 8.78 Å². The molecule has 10 heavy (non-hydrogen) atoms. The Kier molecular flexibility index (Phi) is 1.16. The predicted molar refractivity (Wildman–Crippen MR) is 35.2 cm³/mol. The molecule has 4 N–H and O–H groups in total. The van der Waals surface area contributed by atoms with Crippen LogP contribution < -0.4 is 11.5 Å². The molecule has 0 aliphatic heterocycles. The fourth-order valence-electron chi connectivity index (χ4n) is 0.584. The van der Waals surface area contributed by atoms with Gasteiger partial charge < -0.3 is 11.5 Å². The van der Waals surface area contributed by atoms with Crippen molar-refractivity contribution in [1.82, 2.24) is 0 Å². The number of hydrogen-bond acceptors (Lipinski definition) is 2. The average Bonchev–Trinajstić information content (AvgIpc) is 1.99. The van der Waals surface area contributed by atoms with Crippen LogP contribution in [0.5, 0.6) is 0 Å². The largest absolute Gasteiger partial charge is 0.399 e. The molecule has 0 fully saturated rings. The normalized spacial score (nSPS) is 10.8. The molecule has 1 aromatic carbocycles. The van der Waals surface area contributed by atoms with E-state index in [0.29, 0.717) is 0 Å². The first-order valence-corrected chi connectivity index (χ1v) is 2.57. The van der Waals surface area contributed by atoms with Crippen molar-refractivity contribution in [1.29, 1.82) is 0 Å². The molecular formula is C6H6F2N2. The van der Waals surface area contributed by atoms with Gasteiger partial charge >= 0.3 is 0 Å². The lowest BCUT2D eigenvalue weighted by Gasteiger charge is -1.98. The van der Waals surface area contributed by atoms with E-state index in [0.717, 1.165) is 12.1 Å². The van der Waals surface area contributed by atoms with Gasteiger partial charge in [-0.2, -0.15) is 0 Å². The van der Waals surface area contributed by atoms with Gasteiger partial charge in [-0.05, 0) is 12.1 Å². The smallest absolute Gasteiger partial charge is 0.156 e. The van der Waals surface area contributed by atoms with Crippen LogP contribution in [-0.4, -0.2) is 0 Å². The highest BCUT2D eigenvalue weighted by atomic mass is 19.1. The molecule has 54 valence electrons. The number of nitrogens with two attached hydrogens (primary N) is 2. The number of rotatable bonds is 1. The van der Waals surface area contributed by atoms with Gasteiger partial charge in [0.1, 0.15) is 5.69 Å². The zero-order chi connectivity index (χ0) is 8.43. The number of halogens is 2. The second kappa shape index (κ2) is 2.13. The maximum atomic E-state index is 12.5. The Labute approximate surface area is 57.9 Å². The fraction of sp³-hybridized carbons (Fsp3) is 0. The Hall–Kier alpha value is -1.32. The average molecular weight is 145 g/mol. The van der Waals surface area contributed by atoms with Crippen molar-refractivity contribution < 1.29 is 10.2 Å². The summed E-state index contributed by atoms with van der Waals surface area (Å²) >= 11 is 0. The molecule has 0 heterocycles.